The Kier molecular flexibility index (Phi) is 4.78. The summed E-state index contributed by atoms with van der Waals surface area (Å²) in [7, 11) is 0. The van der Waals surface area contributed by atoms with Crippen LogP contribution >= 0.6 is 0 Å². The Morgan fingerprint density at radius 3 is 2.43 bits per heavy atom. The maximum atomic E-state index is 13.1. The van der Waals surface area contributed by atoms with Gasteiger partial charge in [0.05, 0.1) is 22.5 Å². The van der Waals surface area contributed by atoms with Crippen molar-refractivity contribution in [2.24, 2.45) is 0 Å². The number of carbonyl (C=O) groups excluding carboxylic acids is 2. The highest BCUT2D eigenvalue weighted by atomic mass is 19.4. The molecule has 0 atom stereocenters. The third-order valence-electron chi connectivity index (χ3n) is 4.32. The van der Waals surface area contributed by atoms with E-state index in [1.807, 2.05) is 0 Å². The topological polar surface area (TPSA) is 79.5 Å². The van der Waals surface area contributed by atoms with E-state index in [9.17, 15) is 22.8 Å². The number of nitrogens with one attached hydrogen (secondary N) is 3. The smallest absolute Gasteiger partial charge is 0.418 e. The summed E-state index contributed by atoms with van der Waals surface area (Å²) in [5, 5.41) is 7.32. The number of urea groups is 1. The number of carbonyl (C=O) groups is 2. The molecule has 9 heteroatoms. The van der Waals surface area contributed by atoms with Gasteiger partial charge in [0.1, 0.15) is 5.75 Å². The van der Waals surface area contributed by atoms with E-state index in [2.05, 4.69) is 16.0 Å². The molecule has 3 amide bonds. The highest BCUT2D eigenvalue weighted by molar-refractivity contribution is 6.09. The fourth-order valence-corrected chi connectivity index (χ4v) is 2.97. The second-order valence-corrected chi connectivity index (χ2v) is 6.39. The van der Waals surface area contributed by atoms with Crippen molar-refractivity contribution >= 4 is 29.0 Å². The molecule has 0 bridgehead atoms. The molecule has 152 valence electrons. The molecule has 1 heterocycles. The molecular formula is C21H14F3N3O3. The monoisotopic (exact) mass is 413 g/mol. The number of rotatable bonds is 2. The molecule has 3 aromatic rings. The molecule has 4 rings (SSSR count). The quantitative estimate of drug-likeness (QED) is 0.504. The van der Waals surface area contributed by atoms with Crippen LogP contribution in [0, 0.1) is 0 Å². The molecule has 0 saturated heterocycles. The molecule has 0 fully saturated rings. The normalized spacial score (nSPS) is 12.6. The number of alkyl halides is 3. The first-order valence-corrected chi connectivity index (χ1v) is 8.78. The van der Waals surface area contributed by atoms with Gasteiger partial charge in [0, 0.05) is 5.69 Å². The first-order valence-electron chi connectivity index (χ1n) is 8.78. The summed E-state index contributed by atoms with van der Waals surface area (Å²) in [6, 6.07) is 15.0. The minimum absolute atomic E-state index is 0.166. The first kappa shape index (κ1) is 19.3. The molecular weight excluding hydrogens is 399 g/mol. The average molecular weight is 413 g/mol. The second kappa shape index (κ2) is 7.43. The Morgan fingerprint density at radius 1 is 0.900 bits per heavy atom. The van der Waals surface area contributed by atoms with E-state index in [0.717, 1.165) is 12.1 Å². The van der Waals surface area contributed by atoms with E-state index in [4.69, 9.17) is 4.74 Å². The summed E-state index contributed by atoms with van der Waals surface area (Å²) in [5.41, 5.74) is -0.476. The van der Waals surface area contributed by atoms with Crippen LogP contribution in [0.5, 0.6) is 11.5 Å². The van der Waals surface area contributed by atoms with Gasteiger partial charge in [-0.05, 0) is 42.5 Å². The highest BCUT2D eigenvalue weighted by Crippen LogP contribution is 2.37. The van der Waals surface area contributed by atoms with E-state index in [1.165, 1.54) is 30.3 Å². The van der Waals surface area contributed by atoms with Crippen LogP contribution in [0.1, 0.15) is 15.9 Å². The molecule has 0 unspecified atom stereocenters. The Labute approximate surface area is 168 Å². The molecule has 1 aliphatic heterocycles. The zero-order valence-electron chi connectivity index (χ0n) is 15.2. The zero-order valence-corrected chi connectivity index (χ0v) is 15.2. The van der Waals surface area contributed by atoms with Gasteiger partial charge in [0.2, 0.25) is 0 Å². The van der Waals surface area contributed by atoms with E-state index in [-0.39, 0.29) is 22.7 Å². The van der Waals surface area contributed by atoms with E-state index >= 15 is 0 Å². The maximum Gasteiger partial charge on any atom is 0.418 e. The van der Waals surface area contributed by atoms with Crippen LogP contribution in [0.2, 0.25) is 0 Å². The lowest BCUT2D eigenvalue weighted by Gasteiger charge is -2.14. The van der Waals surface area contributed by atoms with E-state index < -0.39 is 23.7 Å². The fraction of sp³-hybridized carbons (Fsp3) is 0.0476. The number of hydrogen-bond acceptors (Lipinski definition) is 3. The van der Waals surface area contributed by atoms with Gasteiger partial charge in [-0.25, -0.2) is 4.79 Å². The zero-order chi connectivity index (χ0) is 21.3. The summed E-state index contributed by atoms with van der Waals surface area (Å²) in [6.45, 7) is 0. The largest absolute Gasteiger partial charge is 0.454 e. The molecule has 3 aromatic carbocycles. The van der Waals surface area contributed by atoms with Crippen molar-refractivity contribution in [3.05, 3.63) is 77.9 Å². The summed E-state index contributed by atoms with van der Waals surface area (Å²) in [5.74, 6) is 0.305. The molecule has 0 aromatic heterocycles. The summed E-state index contributed by atoms with van der Waals surface area (Å²) in [4.78, 5) is 24.7. The number of fused-ring (bicyclic) bond motifs is 2. The lowest BCUT2D eigenvalue weighted by atomic mass is 10.1. The van der Waals surface area contributed by atoms with Crippen molar-refractivity contribution in [3.8, 4) is 11.5 Å². The number of ether oxygens (including phenoxy) is 1. The Hall–Kier alpha value is -4.01. The molecule has 0 aliphatic carbocycles. The van der Waals surface area contributed by atoms with E-state index in [0.29, 0.717) is 11.4 Å². The number of benzene rings is 3. The van der Waals surface area contributed by atoms with Crippen LogP contribution in [-0.2, 0) is 6.18 Å². The SMILES string of the molecule is O=C(Nc1ccc2c(c1)C(=O)Nc1ccccc1O2)Nc1ccccc1C(F)(F)F. The summed E-state index contributed by atoms with van der Waals surface area (Å²) >= 11 is 0. The number of anilines is 3. The Balaban J connectivity index is 1.54. The Bertz CT molecular complexity index is 1150. The van der Waals surface area contributed by atoms with Crippen molar-refractivity contribution in [3.63, 3.8) is 0 Å². The van der Waals surface area contributed by atoms with Crippen molar-refractivity contribution in [2.45, 2.75) is 6.18 Å². The summed E-state index contributed by atoms with van der Waals surface area (Å²) in [6.07, 6.45) is -4.61. The second-order valence-electron chi connectivity index (χ2n) is 6.39. The molecule has 0 saturated carbocycles. The first-order chi connectivity index (χ1) is 14.3. The highest BCUT2D eigenvalue weighted by Gasteiger charge is 2.33. The van der Waals surface area contributed by atoms with Gasteiger partial charge < -0.3 is 20.7 Å². The van der Waals surface area contributed by atoms with Crippen molar-refractivity contribution in [2.75, 3.05) is 16.0 Å². The van der Waals surface area contributed by atoms with Crippen molar-refractivity contribution in [1.29, 1.82) is 0 Å². The maximum absolute atomic E-state index is 13.1. The average Bonchev–Trinajstić information content (AvgIpc) is 2.83. The van der Waals surface area contributed by atoms with Crippen LogP contribution in [0.3, 0.4) is 0 Å². The minimum atomic E-state index is -4.61. The molecule has 0 spiro atoms. The molecule has 0 radical (unpaired) electrons. The van der Waals surface area contributed by atoms with Gasteiger partial charge in [-0.15, -0.1) is 0 Å². The number of amides is 3. The fourth-order valence-electron chi connectivity index (χ4n) is 2.97. The van der Waals surface area contributed by atoms with Gasteiger partial charge >= 0.3 is 12.2 Å². The molecule has 3 N–H and O–H groups in total. The lowest BCUT2D eigenvalue weighted by Crippen LogP contribution is -2.22. The minimum Gasteiger partial charge on any atom is -0.454 e. The standard InChI is InChI=1S/C21H14F3N3O3/c22-21(23,24)14-5-1-2-6-15(14)27-20(29)25-12-9-10-17-13(11-12)19(28)26-16-7-3-4-8-18(16)30-17/h1-11H,(H,26,28)(H2,25,27,29). The van der Waals surface area contributed by atoms with Crippen molar-refractivity contribution in [1.82, 2.24) is 0 Å². The lowest BCUT2D eigenvalue weighted by molar-refractivity contribution is -0.136. The third-order valence-corrected chi connectivity index (χ3v) is 4.32. The number of hydrogen-bond donors (Lipinski definition) is 3. The third kappa shape index (κ3) is 3.90. The van der Waals surface area contributed by atoms with Gasteiger partial charge in [0.25, 0.3) is 5.91 Å². The molecule has 1 aliphatic rings. The van der Waals surface area contributed by atoms with Crippen LogP contribution in [0.15, 0.2) is 66.7 Å². The molecule has 6 nitrogen and oxygen atoms in total. The van der Waals surface area contributed by atoms with Crippen LogP contribution < -0.4 is 20.7 Å². The van der Waals surface area contributed by atoms with Crippen LogP contribution in [-0.4, -0.2) is 11.9 Å². The number of halogens is 3. The van der Waals surface area contributed by atoms with Gasteiger partial charge in [-0.2, -0.15) is 13.2 Å². The predicted molar refractivity (Wildman–Crippen MR) is 105 cm³/mol. The van der Waals surface area contributed by atoms with E-state index in [1.54, 1.807) is 24.3 Å². The predicted octanol–water partition coefficient (Wildman–Crippen LogP) is 5.71. The van der Waals surface area contributed by atoms with Gasteiger partial charge in [0.15, 0.2) is 5.75 Å². The molecule has 30 heavy (non-hydrogen) atoms. The van der Waals surface area contributed by atoms with Crippen molar-refractivity contribution < 1.29 is 27.5 Å². The van der Waals surface area contributed by atoms with Gasteiger partial charge in [-0.1, -0.05) is 24.3 Å². The number of para-hydroxylation sites is 3. The summed E-state index contributed by atoms with van der Waals surface area (Å²) < 4.78 is 45.0. The Morgan fingerprint density at radius 2 is 1.63 bits per heavy atom. The van der Waals surface area contributed by atoms with Crippen LogP contribution in [0.4, 0.5) is 35.0 Å². The van der Waals surface area contributed by atoms with Crippen LogP contribution in [0.25, 0.3) is 0 Å². The van der Waals surface area contributed by atoms with Gasteiger partial charge in [-0.3, -0.25) is 4.79 Å².